The molecule has 1 saturated heterocycles. The fourth-order valence-corrected chi connectivity index (χ4v) is 2.78. The molecule has 1 aromatic heterocycles. The van der Waals surface area contributed by atoms with Crippen LogP contribution in [0, 0.1) is 0 Å². The number of hydrogen-bond acceptors (Lipinski definition) is 5. The predicted molar refractivity (Wildman–Crippen MR) is 55.1 cm³/mol. The first kappa shape index (κ1) is 9.36. The molecule has 1 aromatic rings. The van der Waals surface area contributed by atoms with Crippen LogP contribution in [0.15, 0.2) is 3.92 Å². The monoisotopic (exact) mass is 263 g/mol. The minimum Gasteiger partial charge on any atom is -0.394 e. The molecule has 4 nitrogen and oxygen atoms in total. The molecule has 1 fully saturated rings. The number of rotatable bonds is 2. The van der Waals surface area contributed by atoms with Crippen molar-refractivity contribution >= 4 is 32.4 Å². The third-order valence-electron chi connectivity index (χ3n) is 2.22. The van der Waals surface area contributed by atoms with Gasteiger partial charge in [0.15, 0.2) is 3.92 Å². The van der Waals surface area contributed by atoms with Crippen LogP contribution in [0.5, 0.6) is 0 Å². The Balaban J connectivity index is 2.15. The molecule has 72 valence electrons. The van der Waals surface area contributed by atoms with Crippen LogP contribution >= 0.6 is 27.3 Å². The second kappa shape index (κ2) is 3.89. The second-order valence-electron chi connectivity index (χ2n) is 3.01. The molecule has 0 aliphatic carbocycles. The normalized spacial score (nSPS) is 22.6. The zero-order valence-electron chi connectivity index (χ0n) is 6.98. The molecule has 0 radical (unpaired) electrons. The summed E-state index contributed by atoms with van der Waals surface area (Å²) in [4.78, 5) is 2.13. The molecule has 1 aliphatic heterocycles. The molecular formula is C7H10BrN3OS. The van der Waals surface area contributed by atoms with Crippen molar-refractivity contribution in [2.24, 2.45) is 0 Å². The lowest BCUT2D eigenvalue weighted by Gasteiger charge is -2.20. The summed E-state index contributed by atoms with van der Waals surface area (Å²) in [6.45, 7) is 1.18. The van der Waals surface area contributed by atoms with E-state index in [0.717, 1.165) is 28.4 Å². The summed E-state index contributed by atoms with van der Waals surface area (Å²) >= 11 is 4.79. The fourth-order valence-electron chi connectivity index (χ4n) is 1.59. The molecule has 2 heterocycles. The van der Waals surface area contributed by atoms with E-state index in [0.29, 0.717) is 0 Å². The molecule has 0 bridgehead atoms. The Kier molecular flexibility index (Phi) is 2.80. The van der Waals surface area contributed by atoms with Crippen LogP contribution in [0.2, 0.25) is 0 Å². The first-order valence-corrected chi connectivity index (χ1v) is 5.78. The summed E-state index contributed by atoms with van der Waals surface area (Å²) < 4.78 is 0.797. The van der Waals surface area contributed by atoms with Crippen LogP contribution in [0.25, 0.3) is 0 Å². The first-order chi connectivity index (χ1) is 6.31. The van der Waals surface area contributed by atoms with Crippen molar-refractivity contribution in [1.29, 1.82) is 0 Å². The van der Waals surface area contributed by atoms with Crippen molar-refractivity contribution in [2.75, 3.05) is 18.1 Å². The van der Waals surface area contributed by atoms with Crippen LogP contribution < -0.4 is 4.90 Å². The lowest BCUT2D eigenvalue weighted by molar-refractivity contribution is 0.266. The van der Waals surface area contributed by atoms with Gasteiger partial charge in [-0.1, -0.05) is 11.3 Å². The van der Waals surface area contributed by atoms with E-state index in [9.17, 15) is 0 Å². The van der Waals surface area contributed by atoms with Crippen LogP contribution in [0.3, 0.4) is 0 Å². The van der Waals surface area contributed by atoms with Crippen LogP contribution in [-0.4, -0.2) is 34.5 Å². The van der Waals surface area contributed by atoms with Crippen molar-refractivity contribution in [2.45, 2.75) is 18.9 Å². The molecule has 1 N–H and O–H groups in total. The van der Waals surface area contributed by atoms with E-state index < -0.39 is 0 Å². The molecular weight excluding hydrogens is 254 g/mol. The van der Waals surface area contributed by atoms with E-state index in [4.69, 9.17) is 5.11 Å². The van der Waals surface area contributed by atoms with E-state index in [2.05, 4.69) is 31.0 Å². The molecule has 2 rings (SSSR count). The first-order valence-electron chi connectivity index (χ1n) is 4.18. The minimum atomic E-state index is 0.206. The highest BCUT2D eigenvalue weighted by Crippen LogP contribution is 2.29. The summed E-state index contributed by atoms with van der Waals surface area (Å²) in [5.41, 5.74) is 0. The van der Waals surface area contributed by atoms with Crippen molar-refractivity contribution in [3.8, 4) is 0 Å². The van der Waals surface area contributed by atoms with Gasteiger partial charge in [0, 0.05) is 6.54 Å². The Bertz CT molecular complexity index is 293. The summed E-state index contributed by atoms with van der Waals surface area (Å²) in [5.74, 6) is 0. The van der Waals surface area contributed by atoms with Crippen LogP contribution in [0.4, 0.5) is 5.13 Å². The molecule has 0 aromatic carbocycles. The van der Waals surface area contributed by atoms with Gasteiger partial charge in [0.25, 0.3) is 0 Å². The summed E-state index contributed by atoms with van der Waals surface area (Å²) in [6.07, 6.45) is 2.18. The van der Waals surface area contributed by atoms with Gasteiger partial charge < -0.3 is 10.0 Å². The molecule has 0 unspecified atom stereocenters. The highest BCUT2D eigenvalue weighted by atomic mass is 79.9. The lowest BCUT2D eigenvalue weighted by atomic mass is 10.2. The highest BCUT2D eigenvalue weighted by Gasteiger charge is 2.26. The molecule has 1 aliphatic rings. The summed E-state index contributed by atoms with van der Waals surface area (Å²) in [6, 6.07) is 0.236. The van der Waals surface area contributed by atoms with Gasteiger partial charge in [0.1, 0.15) is 0 Å². The quantitative estimate of drug-likeness (QED) is 0.873. The van der Waals surface area contributed by atoms with E-state index in [1.54, 1.807) is 0 Å². The molecule has 13 heavy (non-hydrogen) atoms. The average molecular weight is 264 g/mol. The number of halogens is 1. The van der Waals surface area contributed by atoms with E-state index in [1.165, 1.54) is 11.3 Å². The highest BCUT2D eigenvalue weighted by molar-refractivity contribution is 9.11. The molecule has 0 saturated carbocycles. The largest absolute Gasteiger partial charge is 0.394 e. The maximum absolute atomic E-state index is 9.11. The van der Waals surface area contributed by atoms with Crippen molar-refractivity contribution in [1.82, 2.24) is 10.2 Å². The van der Waals surface area contributed by atoms with E-state index in [1.807, 2.05) is 0 Å². The third kappa shape index (κ3) is 1.84. The van der Waals surface area contributed by atoms with Gasteiger partial charge in [-0.3, -0.25) is 0 Å². The topological polar surface area (TPSA) is 49.2 Å². The fraction of sp³-hybridized carbons (Fsp3) is 0.714. The molecule has 0 spiro atoms. The molecule has 1 atom stereocenters. The maximum Gasteiger partial charge on any atom is 0.209 e. The van der Waals surface area contributed by atoms with Crippen LogP contribution in [-0.2, 0) is 0 Å². The van der Waals surface area contributed by atoms with Gasteiger partial charge >= 0.3 is 0 Å². The molecule has 0 amide bonds. The Morgan fingerprint density at radius 2 is 2.46 bits per heavy atom. The van der Waals surface area contributed by atoms with Gasteiger partial charge in [0.05, 0.1) is 12.6 Å². The van der Waals surface area contributed by atoms with Gasteiger partial charge in [0.2, 0.25) is 5.13 Å². The smallest absolute Gasteiger partial charge is 0.209 e. The lowest BCUT2D eigenvalue weighted by Crippen LogP contribution is -2.31. The van der Waals surface area contributed by atoms with Gasteiger partial charge in [-0.2, -0.15) is 0 Å². The number of hydrogen-bond donors (Lipinski definition) is 1. The second-order valence-corrected chi connectivity index (χ2v) is 5.24. The van der Waals surface area contributed by atoms with E-state index >= 15 is 0 Å². The standard InChI is InChI=1S/C7H10BrN3OS/c8-6-9-10-7(13-6)11-3-1-2-5(11)4-12/h5,12H,1-4H2/t5-/m0/s1. The minimum absolute atomic E-state index is 0.206. The number of anilines is 1. The Morgan fingerprint density at radius 3 is 3.08 bits per heavy atom. The van der Waals surface area contributed by atoms with Gasteiger partial charge in [-0.25, -0.2) is 0 Å². The summed E-state index contributed by atoms with van der Waals surface area (Å²) in [5, 5.41) is 17.9. The Labute approximate surface area is 88.7 Å². The van der Waals surface area contributed by atoms with Crippen molar-refractivity contribution in [3.05, 3.63) is 3.92 Å². The van der Waals surface area contributed by atoms with Gasteiger partial charge in [-0.05, 0) is 28.8 Å². The summed E-state index contributed by atoms with van der Waals surface area (Å²) in [7, 11) is 0. The Hall–Kier alpha value is -0.200. The van der Waals surface area contributed by atoms with Crippen LogP contribution in [0.1, 0.15) is 12.8 Å². The van der Waals surface area contributed by atoms with Gasteiger partial charge in [-0.15, -0.1) is 10.2 Å². The molecule has 6 heteroatoms. The predicted octanol–water partition coefficient (Wildman–Crippen LogP) is 1.26. The number of aromatic nitrogens is 2. The number of aliphatic hydroxyl groups is 1. The zero-order valence-corrected chi connectivity index (χ0v) is 9.38. The number of nitrogens with zero attached hydrogens (tertiary/aromatic N) is 3. The SMILES string of the molecule is OC[C@@H]1CCCN1c1nnc(Br)s1. The average Bonchev–Trinajstić information content (AvgIpc) is 2.71. The number of aliphatic hydroxyl groups excluding tert-OH is 1. The maximum atomic E-state index is 9.11. The van der Waals surface area contributed by atoms with E-state index in [-0.39, 0.29) is 12.6 Å². The van der Waals surface area contributed by atoms with Crippen molar-refractivity contribution < 1.29 is 5.11 Å². The zero-order chi connectivity index (χ0) is 9.26. The third-order valence-corrected chi connectivity index (χ3v) is 3.62. The Morgan fingerprint density at radius 1 is 1.62 bits per heavy atom. The van der Waals surface area contributed by atoms with Crippen molar-refractivity contribution in [3.63, 3.8) is 0 Å².